The van der Waals surface area contributed by atoms with Crippen molar-refractivity contribution in [2.75, 3.05) is 18.9 Å². The van der Waals surface area contributed by atoms with Crippen LogP contribution in [-0.4, -0.2) is 18.9 Å². The van der Waals surface area contributed by atoms with Crippen molar-refractivity contribution >= 4 is 24.3 Å². The molecule has 0 aromatic heterocycles. The van der Waals surface area contributed by atoms with Crippen LogP contribution in [0, 0.1) is 11.8 Å². The Labute approximate surface area is 195 Å². The monoisotopic (exact) mass is 495 g/mol. The van der Waals surface area contributed by atoms with E-state index in [2.05, 4.69) is 39.7 Å². The minimum atomic E-state index is -2.26. The van der Waals surface area contributed by atoms with Crippen molar-refractivity contribution in [2.45, 2.75) is 131 Å². The molecule has 2 nitrogen and oxygen atoms in total. The molecule has 0 rings (SSSR count). The van der Waals surface area contributed by atoms with Gasteiger partial charge in [0.1, 0.15) is 7.29 Å². The topological polar surface area (TPSA) is 29.1 Å². The zero-order valence-electron chi connectivity index (χ0n) is 20.6. The van der Waals surface area contributed by atoms with E-state index in [0.717, 1.165) is 18.9 Å². The van der Waals surface area contributed by atoms with Crippen molar-refractivity contribution < 1.29 is 4.57 Å². The van der Waals surface area contributed by atoms with Crippen LogP contribution in [0.4, 0.5) is 0 Å². The fraction of sp³-hybridized carbons (Fsp3) is 1.00. The van der Waals surface area contributed by atoms with Gasteiger partial charge in [-0.15, -0.1) is 17.0 Å². The van der Waals surface area contributed by atoms with Gasteiger partial charge in [-0.05, 0) is 31.1 Å². The van der Waals surface area contributed by atoms with Crippen molar-refractivity contribution in [2.24, 2.45) is 11.8 Å². The molecule has 0 spiro atoms. The fourth-order valence-electron chi connectivity index (χ4n) is 4.24. The lowest BCUT2D eigenvalue weighted by atomic mass is 10.0. The highest BCUT2D eigenvalue weighted by atomic mass is 79.9. The molecule has 0 aliphatic rings. The molecule has 4 heteroatoms. The van der Waals surface area contributed by atoms with Crippen LogP contribution >= 0.6 is 24.3 Å². The van der Waals surface area contributed by atoms with Crippen LogP contribution in [0.1, 0.15) is 131 Å². The Morgan fingerprint density at radius 2 is 1.03 bits per heavy atom. The summed E-state index contributed by atoms with van der Waals surface area (Å²) < 4.78 is 13.9. The summed E-state index contributed by atoms with van der Waals surface area (Å²) in [5.41, 5.74) is 0. The molecule has 0 aliphatic carbocycles. The van der Waals surface area contributed by atoms with Crippen molar-refractivity contribution in [1.82, 2.24) is 5.09 Å². The molecule has 2 unspecified atom stereocenters. The molecule has 0 saturated carbocycles. The standard InChI is InChI=1S/C25H54NOP.BrH/c1-6-11-14-15-16-17-18-21-26-28(27,22-24(9-4)19-12-7-2)23-25(10-5)20-13-8-3;/h24-25H,6-23H2,1-5H3,(H,26,27);1H. The van der Waals surface area contributed by atoms with Gasteiger partial charge in [-0.25, -0.2) is 0 Å². The summed E-state index contributed by atoms with van der Waals surface area (Å²) in [6, 6.07) is 0. The van der Waals surface area contributed by atoms with Gasteiger partial charge in [0.25, 0.3) is 0 Å². The number of hydrogen-bond donors (Lipinski definition) is 1. The van der Waals surface area contributed by atoms with Crippen LogP contribution in [-0.2, 0) is 4.57 Å². The summed E-state index contributed by atoms with van der Waals surface area (Å²) in [6.45, 7) is 12.3. The van der Waals surface area contributed by atoms with Crippen LogP contribution < -0.4 is 5.09 Å². The highest BCUT2D eigenvalue weighted by Crippen LogP contribution is 2.47. The van der Waals surface area contributed by atoms with Gasteiger partial charge in [-0.3, -0.25) is 5.09 Å². The third-order valence-electron chi connectivity index (χ3n) is 6.37. The largest absolute Gasteiger partial charge is 0.307 e. The molecule has 178 valence electrons. The number of nitrogens with one attached hydrogen (secondary N) is 1. The van der Waals surface area contributed by atoms with E-state index in [1.807, 2.05) is 0 Å². The molecule has 0 bridgehead atoms. The second-order valence-corrected chi connectivity index (χ2v) is 11.9. The maximum Gasteiger partial charge on any atom is 0.148 e. The second kappa shape index (κ2) is 21.9. The van der Waals surface area contributed by atoms with Crippen molar-refractivity contribution in [3.05, 3.63) is 0 Å². The first-order valence-corrected chi connectivity index (χ1v) is 15.0. The second-order valence-electron chi connectivity index (χ2n) is 9.12. The van der Waals surface area contributed by atoms with Gasteiger partial charge in [-0.1, -0.05) is 112 Å². The molecule has 0 aromatic carbocycles. The number of hydrogen-bond acceptors (Lipinski definition) is 1. The third kappa shape index (κ3) is 18.0. The summed E-state index contributed by atoms with van der Waals surface area (Å²) in [4.78, 5) is 0. The summed E-state index contributed by atoms with van der Waals surface area (Å²) >= 11 is 0. The number of unbranched alkanes of at least 4 members (excludes halogenated alkanes) is 8. The Kier molecular flexibility index (Phi) is 24.0. The van der Waals surface area contributed by atoms with Crippen LogP contribution in [0.5, 0.6) is 0 Å². The molecule has 0 aromatic rings. The normalized spacial score (nSPS) is 15.5. The SMILES string of the molecule is Br.CCCCCCCCCNP(=O)(CC(CC)CCCC)CC(CC)CCCC. The molecule has 0 amide bonds. The highest BCUT2D eigenvalue weighted by Gasteiger charge is 2.28. The number of rotatable bonds is 21. The lowest BCUT2D eigenvalue weighted by molar-refractivity contribution is 0.457. The quantitative estimate of drug-likeness (QED) is 0.127. The minimum absolute atomic E-state index is 0. The van der Waals surface area contributed by atoms with E-state index in [0.29, 0.717) is 11.8 Å². The summed E-state index contributed by atoms with van der Waals surface area (Å²) in [5.74, 6) is 1.27. The molecular weight excluding hydrogens is 441 g/mol. The van der Waals surface area contributed by atoms with Gasteiger partial charge in [-0.2, -0.15) is 0 Å². The van der Waals surface area contributed by atoms with Crippen LogP contribution in [0.15, 0.2) is 0 Å². The van der Waals surface area contributed by atoms with Gasteiger partial charge in [0.2, 0.25) is 0 Å². The molecule has 1 N–H and O–H groups in total. The summed E-state index contributed by atoms with van der Waals surface area (Å²) in [6.07, 6.45) is 21.0. The number of halogens is 1. The zero-order chi connectivity index (χ0) is 21.1. The van der Waals surface area contributed by atoms with Crippen LogP contribution in [0.3, 0.4) is 0 Å². The third-order valence-corrected chi connectivity index (χ3v) is 9.39. The Bertz CT molecular complexity index is 356. The first-order chi connectivity index (χ1) is 13.5. The van der Waals surface area contributed by atoms with Gasteiger partial charge < -0.3 is 4.57 Å². The molecule has 0 heterocycles. The average Bonchev–Trinajstić information content (AvgIpc) is 2.70. The van der Waals surface area contributed by atoms with E-state index in [4.69, 9.17) is 0 Å². The van der Waals surface area contributed by atoms with E-state index >= 15 is 0 Å². The molecule has 0 radical (unpaired) electrons. The van der Waals surface area contributed by atoms with Gasteiger partial charge in [0.15, 0.2) is 0 Å². The van der Waals surface area contributed by atoms with Crippen LogP contribution in [0.25, 0.3) is 0 Å². The van der Waals surface area contributed by atoms with E-state index < -0.39 is 7.29 Å². The average molecular weight is 497 g/mol. The summed E-state index contributed by atoms with van der Waals surface area (Å²) in [5, 5.41) is 3.64. The predicted molar refractivity (Wildman–Crippen MR) is 140 cm³/mol. The highest BCUT2D eigenvalue weighted by molar-refractivity contribution is 8.93. The Hall–Kier alpha value is 0.670. The molecule has 2 atom stereocenters. The van der Waals surface area contributed by atoms with Gasteiger partial charge >= 0.3 is 0 Å². The molecule has 29 heavy (non-hydrogen) atoms. The Morgan fingerprint density at radius 1 is 0.621 bits per heavy atom. The van der Waals surface area contributed by atoms with Crippen molar-refractivity contribution in [3.8, 4) is 0 Å². The lowest BCUT2D eigenvalue weighted by Gasteiger charge is -2.28. The first-order valence-electron chi connectivity index (χ1n) is 12.9. The zero-order valence-corrected chi connectivity index (χ0v) is 23.3. The fourth-order valence-corrected chi connectivity index (χ4v) is 7.76. The maximum atomic E-state index is 13.9. The van der Waals surface area contributed by atoms with Crippen molar-refractivity contribution in [1.29, 1.82) is 0 Å². The molecule has 0 fully saturated rings. The maximum absolute atomic E-state index is 13.9. The lowest BCUT2D eigenvalue weighted by Crippen LogP contribution is -2.23. The molecule has 0 aliphatic heterocycles. The van der Waals surface area contributed by atoms with E-state index in [-0.39, 0.29) is 17.0 Å². The molecule has 0 saturated heterocycles. The van der Waals surface area contributed by atoms with Crippen molar-refractivity contribution in [3.63, 3.8) is 0 Å². The Balaban J connectivity index is 0. The predicted octanol–water partition coefficient (Wildman–Crippen LogP) is 9.62. The molecular formula is C25H55BrNOP. The van der Waals surface area contributed by atoms with Gasteiger partial charge in [0.05, 0.1) is 0 Å². The van der Waals surface area contributed by atoms with Gasteiger partial charge in [0, 0.05) is 18.9 Å². The van der Waals surface area contributed by atoms with E-state index in [1.54, 1.807) is 0 Å². The Morgan fingerprint density at radius 3 is 1.45 bits per heavy atom. The van der Waals surface area contributed by atoms with E-state index in [1.165, 1.54) is 96.3 Å². The first kappa shape index (κ1) is 31.9. The summed E-state index contributed by atoms with van der Waals surface area (Å²) in [7, 11) is -2.26. The van der Waals surface area contributed by atoms with E-state index in [9.17, 15) is 4.57 Å². The minimum Gasteiger partial charge on any atom is -0.307 e. The smallest absolute Gasteiger partial charge is 0.148 e. The van der Waals surface area contributed by atoms with Crippen LogP contribution in [0.2, 0.25) is 0 Å².